The third kappa shape index (κ3) is 2.71. The molecule has 0 spiro atoms. The lowest BCUT2D eigenvalue weighted by molar-refractivity contribution is -0.392. The van der Waals surface area contributed by atoms with Crippen LogP contribution < -0.4 is 0 Å². The number of phosphoric ester groups is 1. The van der Waals surface area contributed by atoms with E-state index in [-0.39, 0.29) is 0 Å². The van der Waals surface area contributed by atoms with Gasteiger partial charge in [0, 0.05) is 0 Å². The van der Waals surface area contributed by atoms with E-state index in [0.717, 1.165) is 0 Å². The van der Waals surface area contributed by atoms with Crippen molar-refractivity contribution in [2.75, 3.05) is 6.61 Å². The normalized spacial score (nSPS) is 46.1. The first-order chi connectivity index (χ1) is 7.97. The second kappa shape index (κ2) is 4.96. The highest BCUT2D eigenvalue weighted by Gasteiger charge is 2.65. The van der Waals surface area contributed by atoms with E-state index in [1.165, 1.54) is 0 Å². The van der Waals surface area contributed by atoms with Crippen molar-refractivity contribution in [1.82, 2.24) is 0 Å². The van der Waals surface area contributed by atoms with E-state index in [9.17, 15) is 25.0 Å². The Balaban J connectivity index is 3.20. The molecule has 1 unspecified atom stereocenters. The molecule has 1 fully saturated rings. The van der Waals surface area contributed by atoms with Crippen molar-refractivity contribution in [3.05, 3.63) is 0 Å². The number of hydrogen-bond acceptors (Lipinski definition) is 9. The predicted octanol–water partition coefficient (Wildman–Crippen LogP) is -3.53. The monoisotopic (exact) mass is 308 g/mol. The van der Waals surface area contributed by atoms with E-state index in [1.54, 1.807) is 0 Å². The maximum absolute atomic E-state index is 10.8. The summed E-state index contributed by atoms with van der Waals surface area (Å²) in [6.07, 6.45) is -6.39. The minimum Gasteiger partial charge on any atom is -0.391 e. The highest BCUT2D eigenvalue weighted by Crippen LogP contribution is 2.50. The molecule has 0 aromatic heterocycles. The van der Waals surface area contributed by atoms with Gasteiger partial charge in [0.1, 0.15) is 18.8 Å². The molecule has 18 heavy (non-hydrogen) atoms. The molecule has 1 saturated heterocycles. The molecule has 1 aliphatic rings. The average molecular weight is 308 g/mol. The van der Waals surface area contributed by atoms with Crippen LogP contribution in [-0.2, 0) is 13.8 Å². The van der Waals surface area contributed by atoms with Gasteiger partial charge in [-0.3, -0.25) is 0 Å². The van der Waals surface area contributed by atoms with E-state index in [0.29, 0.717) is 0 Å². The SMILES string of the molecule is O=P(O)(O)O[C@@]1(CO)OC(O)[C@H](O)[C@H](O)[C@]1(O)S. The molecule has 0 aromatic carbocycles. The van der Waals surface area contributed by atoms with Crippen LogP contribution in [0, 0.1) is 0 Å². The molecular weight excluding hydrogens is 295 g/mol. The van der Waals surface area contributed by atoms with Gasteiger partial charge < -0.3 is 40.1 Å². The van der Waals surface area contributed by atoms with Gasteiger partial charge in [0.2, 0.25) is 5.79 Å². The summed E-state index contributed by atoms with van der Waals surface area (Å²) >= 11 is 3.47. The Morgan fingerprint density at radius 1 is 1.33 bits per heavy atom. The number of ether oxygens (including phenoxy) is 1. The van der Waals surface area contributed by atoms with Crippen molar-refractivity contribution >= 4 is 20.5 Å². The first kappa shape index (κ1) is 16.3. The molecule has 0 radical (unpaired) electrons. The number of aliphatic hydroxyl groups is 5. The number of hydrogen-bond donors (Lipinski definition) is 8. The van der Waals surface area contributed by atoms with Crippen molar-refractivity contribution in [3.8, 4) is 0 Å². The van der Waals surface area contributed by atoms with E-state index in [1.807, 2.05) is 0 Å². The van der Waals surface area contributed by atoms with E-state index in [4.69, 9.17) is 14.9 Å². The summed E-state index contributed by atoms with van der Waals surface area (Å²) in [5.41, 5.74) is 0. The van der Waals surface area contributed by atoms with Gasteiger partial charge >= 0.3 is 7.82 Å². The summed E-state index contributed by atoms with van der Waals surface area (Å²) in [6.45, 7) is -1.36. The molecule has 7 N–H and O–H groups in total. The Bertz CT molecular complexity index is 356. The molecule has 5 atom stereocenters. The zero-order chi connectivity index (χ0) is 14.4. The average Bonchev–Trinajstić information content (AvgIpc) is 2.21. The van der Waals surface area contributed by atoms with Crippen LogP contribution in [0.5, 0.6) is 0 Å². The molecule has 108 valence electrons. The smallest absolute Gasteiger partial charge is 0.391 e. The fourth-order valence-corrected chi connectivity index (χ4v) is 2.45. The summed E-state index contributed by atoms with van der Waals surface area (Å²) in [6, 6.07) is 0. The maximum Gasteiger partial charge on any atom is 0.472 e. The zero-order valence-corrected chi connectivity index (χ0v) is 10.5. The Labute approximate surface area is 106 Å². The lowest BCUT2D eigenvalue weighted by Gasteiger charge is -2.50. The lowest BCUT2D eigenvalue weighted by atomic mass is 9.95. The summed E-state index contributed by atoms with van der Waals surface area (Å²) in [5, 5.41) is 46.8. The molecule has 0 aromatic rings. The second-order valence-electron chi connectivity index (χ2n) is 3.66. The van der Waals surface area contributed by atoms with Crippen molar-refractivity contribution < 1.29 is 49.1 Å². The van der Waals surface area contributed by atoms with Crippen LogP contribution in [0.25, 0.3) is 0 Å². The standard InChI is InChI=1S/C6H13O10PS/c7-1-5(16-17(12,13)14)6(11,18)3(9)2(8)4(10)15-5/h2-4,7-11,18H,1H2,(H2,12,13,14)/t2-,3+,4?,5-,6+/m1/s1. The Morgan fingerprint density at radius 3 is 2.22 bits per heavy atom. The minimum absolute atomic E-state index is 1.36. The fourth-order valence-electron chi connectivity index (χ4n) is 1.43. The van der Waals surface area contributed by atoms with Crippen molar-refractivity contribution in [2.45, 2.75) is 29.2 Å². The Kier molecular flexibility index (Phi) is 4.49. The topological polar surface area (TPSA) is 177 Å². The van der Waals surface area contributed by atoms with Crippen LogP contribution in [-0.4, -0.2) is 71.1 Å². The molecule has 1 heterocycles. The molecule has 0 aliphatic carbocycles. The van der Waals surface area contributed by atoms with Crippen LogP contribution >= 0.6 is 20.5 Å². The quantitative estimate of drug-likeness (QED) is 0.148. The lowest BCUT2D eigenvalue weighted by Crippen LogP contribution is -2.72. The predicted molar refractivity (Wildman–Crippen MR) is 56.0 cm³/mol. The van der Waals surface area contributed by atoms with E-state index in [2.05, 4.69) is 21.9 Å². The van der Waals surface area contributed by atoms with Gasteiger partial charge in [-0.2, -0.15) is 0 Å². The number of thiol groups is 1. The molecule has 0 saturated carbocycles. The van der Waals surface area contributed by atoms with Gasteiger partial charge in [0.25, 0.3) is 0 Å². The fraction of sp³-hybridized carbons (Fsp3) is 1.00. The summed E-state index contributed by atoms with van der Waals surface area (Å²) < 4.78 is 19.3. The van der Waals surface area contributed by atoms with Crippen LogP contribution in [0.15, 0.2) is 0 Å². The first-order valence-corrected chi connectivity index (χ1v) is 6.48. The van der Waals surface area contributed by atoms with Crippen molar-refractivity contribution in [2.24, 2.45) is 0 Å². The third-order valence-corrected chi connectivity index (χ3v) is 3.51. The summed E-state index contributed by atoms with van der Waals surface area (Å²) in [4.78, 5) is 14.4. The van der Waals surface area contributed by atoms with Crippen LogP contribution in [0.1, 0.15) is 0 Å². The van der Waals surface area contributed by atoms with E-state index >= 15 is 0 Å². The van der Waals surface area contributed by atoms with Crippen LogP contribution in [0.4, 0.5) is 0 Å². The third-order valence-electron chi connectivity index (χ3n) is 2.37. The van der Waals surface area contributed by atoms with E-state index < -0.39 is 43.6 Å². The van der Waals surface area contributed by atoms with Gasteiger partial charge in [0.05, 0.1) is 0 Å². The molecule has 1 aliphatic heterocycles. The molecule has 10 nitrogen and oxygen atoms in total. The number of aliphatic hydroxyl groups excluding tert-OH is 4. The van der Waals surface area contributed by atoms with Gasteiger partial charge in [-0.1, -0.05) is 0 Å². The Hall–Kier alpha value is 0.220. The van der Waals surface area contributed by atoms with Crippen molar-refractivity contribution in [1.29, 1.82) is 0 Å². The Morgan fingerprint density at radius 2 is 1.83 bits per heavy atom. The van der Waals surface area contributed by atoms with Crippen LogP contribution in [0.2, 0.25) is 0 Å². The summed E-state index contributed by atoms with van der Waals surface area (Å²) in [7, 11) is -5.27. The van der Waals surface area contributed by atoms with Crippen LogP contribution in [0.3, 0.4) is 0 Å². The highest BCUT2D eigenvalue weighted by atomic mass is 32.1. The number of rotatable bonds is 3. The van der Waals surface area contributed by atoms with Gasteiger partial charge in [-0.15, -0.1) is 12.6 Å². The minimum atomic E-state index is -5.27. The summed E-state index contributed by atoms with van der Waals surface area (Å²) in [5.74, 6) is -2.92. The van der Waals surface area contributed by atoms with Gasteiger partial charge in [-0.05, 0) is 0 Å². The van der Waals surface area contributed by atoms with Gasteiger partial charge in [0.15, 0.2) is 11.2 Å². The first-order valence-electron chi connectivity index (χ1n) is 4.51. The molecular formula is C6H13O10PS. The second-order valence-corrected chi connectivity index (χ2v) is 5.51. The maximum atomic E-state index is 10.8. The highest BCUT2D eigenvalue weighted by molar-refractivity contribution is 7.81. The molecule has 0 amide bonds. The van der Waals surface area contributed by atoms with Crippen molar-refractivity contribution in [3.63, 3.8) is 0 Å². The molecule has 1 rings (SSSR count). The molecule has 0 bridgehead atoms. The molecule has 12 heteroatoms. The number of phosphoric acid groups is 1. The largest absolute Gasteiger partial charge is 0.472 e. The van der Waals surface area contributed by atoms with Gasteiger partial charge in [-0.25, -0.2) is 9.09 Å². The zero-order valence-electron chi connectivity index (χ0n) is 8.69.